The number of carbonyl (C=O) groups is 1. The number of rotatable bonds is 3. The molecule has 0 fully saturated rings. The van der Waals surface area contributed by atoms with Gasteiger partial charge in [-0.2, -0.15) is 0 Å². The highest BCUT2D eigenvalue weighted by molar-refractivity contribution is 7.15. The number of fused-ring (bicyclic) bond motifs is 1. The molecule has 1 aromatic carbocycles. The number of hydrogen-bond donors (Lipinski definition) is 1. The molecular weight excluding hydrogens is 284 g/mol. The Morgan fingerprint density at radius 3 is 2.75 bits per heavy atom. The van der Waals surface area contributed by atoms with Crippen molar-refractivity contribution in [3.63, 3.8) is 0 Å². The van der Waals surface area contributed by atoms with Crippen LogP contribution in [-0.4, -0.2) is 15.3 Å². The fourth-order valence-electron chi connectivity index (χ4n) is 1.82. The molecule has 3 rings (SSSR count). The predicted octanol–water partition coefficient (Wildman–Crippen LogP) is 2.60. The maximum atomic E-state index is 13.0. The van der Waals surface area contributed by atoms with E-state index in [0.717, 1.165) is 23.2 Å². The number of hydrogen-bond acceptors (Lipinski definition) is 3. The van der Waals surface area contributed by atoms with Crippen LogP contribution in [0.4, 0.5) is 8.78 Å². The van der Waals surface area contributed by atoms with E-state index >= 15 is 0 Å². The number of nitrogens with zero attached hydrogens (tertiary/aromatic N) is 2. The molecule has 3 aromatic rings. The third-order valence-electron chi connectivity index (χ3n) is 2.70. The number of carbonyl (C=O) groups excluding carboxylic acids is 1. The lowest BCUT2D eigenvalue weighted by atomic mass is 10.2. The molecule has 0 atom stereocenters. The van der Waals surface area contributed by atoms with Crippen molar-refractivity contribution in [2.45, 2.75) is 6.54 Å². The average Bonchev–Trinajstić information content (AvgIpc) is 2.95. The summed E-state index contributed by atoms with van der Waals surface area (Å²) in [6.45, 7) is 0.200. The molecule has 7 heteroatoms. The molecule has 0 aliphatic heterocycles. The van der Waals surface area contributed by atoms with Crippen LogP contribution in [0, 0.1) is 11.6 Å². The van der Waals surface area contributed by atoms with Gasteiger partial charge in [0.2, 0.25) is 0 Å². The molecule has 0 bridgehead atoms. The third-order valence-corrected chi connectivity index (χ3v) is 3.47. The van der Waals surface area contributed by atoms with Crippen molar-refractivity contribution < 1.29 is 13.6 Å². The lowest BCUT2D eigenvalue weighted by molar-refractivity contribution is 0.0949. The van der Waals surface area contributed by atoms with Gasteiger partial charge in [-0.25, -0.2) is 13.8 Å². The molecule has 2 aromatic heterocycles. The van der Waals surface area contributed by atoms with Gasteiger partial charge in [0.15, 0.2) is 4.96 Å². The number of thiazole rings is 1. The summed E-state index contributed by atoms with van der Waals surface area (Å²) in [5.41, 5.74) is 0.630. The first-order valence-electron chi connectivity index (χ1n) is 5.77. The van der Waals surface area contributed by atoms with Crippen LogP contribution >= 0.6 is 11.3 Å². The summed E-state index contributed by atoms with van der Waals surface area (Å²) in [7, 11) is 0. The SMILES string of the molecule is O=C(NCc1cn2ccsc2n1)c1cc(F)cc(F)c1. The Labute approximate surface area is 116 Å². The first-order chi connectivity index (χ1) is 9.61. The number of amides is 1. The second-order valence-electron chi connectivity index (χ2n) is 4.17. The second-order valence-corrected chi connectivity index (χ2v) is 5.04. The summed E-state index contributed by atoms with van der Waals surface area (Å²) in [6.07, 6.45) is 3.65. The van der Waals surface area contributed by atoms with Crippen LogP contribution in [-0.2, 0) is 6.54 Å². The van der Waals surface area contributed by atoms with E-state index in [4.69, 9.17) is 0 Å². The zero-order chi connectivity index (χ0) is 14.1. The van der Waals surface area contributed by atoms with Gasteiger partial charge in [-0.15, -0.1) is 11.3 Å². The molecule has 0 spiro atoms. The van der Waals surface area contributed by atoms with Gasteiger partial charge in [-0.1, -0.05) is 0 Å². The van der Waals surface area contributed by atoms with Gasteiger partial charge in [-0.05, 0) is 12.1 Å². The minimum atomic E-state index is -0.780. The van der Waals surface area contributed by atoms with E-state index in [-0.39, 0.29) is 12.1 Å². The van der Waals surface area contributed by atoms with Crippen molar-refractivity contribution in [3.8, 4) is 0 Å². The molecule has 2 heterocycles. The fraction of sp³-hybridized carbons (Fsp3) is 0.0769. The van der Waals surface area contributed by atoms with E-state index in [9.17, 15) is 13.6 Å². The van der Waals surface area contributed by atoms with Crippen LogP contribution in [0.25, 0.3) is 4.96 Å². The van der Waals surface area contributed by atoms with Gasteiger partial charge >= 0.3 is 0 Å². The summed E-state index contributed by atoms with van der Waals surface area (Å²) in [4.78, 5) is 16.9. The Balaban J connectivity index is 1.71. The number of aromatic nitrogens is 2. The summed E-state index contributed by atoms with van der Waals surface area (Å²) < 4.78 is 27.9. The first-order valence-corrected chi connectivity index (χ1v) is 6.65. The highest BCUT2D eigenvalue weighted by Crippen LogP contribution is 2.12. The van der Waals surface area contributed by atoms with Crippen molar-refractivity contribution in [1.29, 1.82) is 0 Å². The summed E-state index contributed by atoms with van der Waals surface area (Å²) >= 11 is 1.48. The molecule has 0 aliphatic rings. The van der Waals surface area contributed by atoms with E-state index in [0.29, 0.717) is 5.69 Å². The largest absolute Gasteiger partial charge is 0.346 e. The van der Waals surface area contributed by atoms with E-state index in [1.165, 1.54) is 11.3 Å². The molecule has 20 heavy (non-hydrogen) atoms. The van der Waals surface area contributed by atoms with Crippen LogP contribution in [0.5, 0.6) is 0 Å². The fourth-order valence-corrected chi connectivity index (χ4v) is 2.54. The highest BCUT2D eigenvalue weighted by Gasteiger charge is 2.10. The third kappa shape index (κ3) is 2.53. The lowest BCUT2D eigenvalue weighted by Gasteiger charge is -2.03. The predicted molar refractivity (Wildman–Crippen MR) is 70.6 cm³/mol. The number of benzene rings is 1. The zero-order valence-corrected chi connectivity index (χ0v) is 11.0. The molecule has 0 unspecified atom stereocenters. The minimum Gasteiger partial charge on any atom is -0.346 e. The van der Waals surface area contributed by atoms with Crippen LogP contribution in [0.1, 0.15) is 16.1 Å². The van der Waals surface area contributed by atoms with E-state index in [1.54, 1.807) is 6.20 Å². The zero-order valence-electron chi connectivity index (χ0n) is 10.1. The topological polar surface area (TPSA) is 46.4 Å². The number of imidazole rings is 1. The second kappa shape index (κ2) is 5.01. The Bertz CT molecular complexity index is 732. The van der Waals surface area contributed by atoms with Crippen LogP contribution in [0.3, 0.4) is 0 Å². The molecule has 0 saturated heterocycles. The van der Waals surface area contributed by atoms with Gasteiger partial charge < -0.3 is 5.32 Å². The summed E-state index contributed by atoms with van der Waals surface area (Å²) in [5, 5.41) is 4.48. The molecule has 0 radical (unpaired) electrons. The quantitative estimate of drug-likeness (QED) is 0.807. The van der Waals surface area contributed by atoms with Gasteiger partial charge in [0.1, 0.15) is 11.6 Å². The lowest BCUT2D eigenvalue weighted by Crippen LogP contribution is -2.23. The molecule has 0 aliphatic carbocycles. The van der Waals surface area contributed by atoms with Crippen molar-refractivity contribution in [1.82, 2.24) is 14.7 Å². The number of nitrogens with one attached hydrogen (secondary N) is 1. The monoisotopic (exact) mass is 293 g/mol. The maximum Gasteiger partial charge on any atom is 0.251 e. The van der Waals surface area contributed by atoms with Gasteiger partial charge in [0, 0.05) is 29.4 Å². The summed E-state index contributed by atoms with van der Waals surface area (Å²) in [5.74, 6) is -2.10. The van der Waals surface area contributed by atoms with Crippen molar-refractivity contribution in [2.24, 2.45) is 0 Å². The van der Waals surface area contributed by atoms with Crippen molar-refractivity contribution in [2.75, 3.05) is 0 Å². The molecule has 102 valence electrons. The van der Waals surface area contributed by atoms with Crippen molar-refractivity contribution >= 4 is 22.2 Å². The molecule has 1 amide bonds. The average molecular weight is 293 g/mol. The van der Waals surface area contributed by atoms with Gasteiger partial charge in [0.25, 0.3) is 5.91 Å². The Morgan fingerprint density at radius 1 is 1.30 bits per heavy atom. The van der Waals surface area contributed by atoms with E-state index < -0.39 is 17.5 Å². The Hall–Kier alpha value is -2.28. The standard InChI is InChI=1S/C13H9F2N3OS/c14-9-3-8(4-10(15)5-9)12(19)16-6-11-7-18-1-2-20-13(18)17-11/h1-5,7H,6H2,(H,16,19). The Kier molecular flexibility index (Phi) is 3.19. The molecule has 0 saturated carbocycles. The Morgan fingerprint density at radius 2 is 2.05 bits per heavy atom. The van der Waals surface area contributed by atoms with Crippen LogP contribution < -0.4 is 5.32 Å². The van der Waals surface area contributed by atoms with Crippen molar-refractivity contribution in [3.05, 3.63) is 58.9 Å². The van der Waals surface area contributed by atoms with E-state index in [2.05, 4.69) is 10.3 Å². The van der Waals surface area contributed by atoms with Gasteiger partial charge in [0.05, 0.1) is 12.2 Å². The first kappa shape index (κ1) is 12.7. The minimum absolute atomic E-state index is 0.0523. The molecular formula is C13H9F2N3OS. The molecule has 1 N–H and O–H groups in total. The summed E-state index contributed by atoms with van der Waals surface area (Å²) in [6, 6.07) is 2.70. The van der Waals surface area contributed by atoms with E-state index in [1.807, 2.05) is 16.0 Å². The maximum absolute atomic E-state index is 13.0. The van der Waals surface area contributed by atoms with Gasteiger partial charge in [-0.3, -0.25) is 9.20 Å². The van der Waals surface area contributed by atoms with Crippen LogP contribution in [0.15, 0.2) is 36.0 Å². The normalized spacial score (nSPS) is 10.9. The molecule has 4 nitrogen and oxygen atoms in total. The smallest absolute Gasteiger partial charge is 0.251 e. The highest BCUT2D eigenvalue weighted by atomic mass is 32.1. The van der Waals surface area contributed by atoms with Crippen LogP contribution in [0.2, 0.25) is 0 Å². The number of halogens is 2.